The van der Waals surface area contributed by atoms with Crippen molar-refractivity contribution in [3.8, 4) is 11.3 Å². The van der Waals surface area contributed by atoms with Gasteiger partial charge in [0.05, 0.1) is 11.8 Å². The number of carbonyl (C=O) groups excluding carboxylic acids is 2. The Hall–Kier alpha value is -3.41. The highest BCUT2D eigenvalue weighted by molar-refractivity contribution is 5.86. The van der Waals surface area contributed by atoms with Gasteiger partial charge in [-0.05, 0) is 12.0 Å². The van der Waals surface area contributed by atoms with Crippen LogP contribution in [-0.2, 0) is 22.4 Å². The lowest BCUT2D eigenvalue weighted by Gasteiger charge is -2.26. The fraction of sp³-hybridized carbons (Fsp3) is 0.292. The predicted octanol–water partition coefficient (Wildman–Crippen LogP) is 3.09. The van der Waals surface area contributed by atoms with Gasteiger partial charge in [-0.15, -0.1) is 0 Å². The molecule has 0 saturated carbocycles. The summed E-state index contributed by atoms with van der Waals surface area (Å²) in [4.78, 5) is 27.4. The number of amides is 2. The number of likely N-dealkylation sites (tertiary alicyclic amines) is 1. The summed E-state index contributed by atoms with van der Waals surface area (Å²) < 4.78 is 5.56. The highest BCUT2D eigenvalue weighted by Crippen LogP contribution is 2.36. The van der Waals surface area contributed by atoms with Crippen molar-refractivity contribution in [2.45, 2.75) is 19.3 Å². The van der Waals surface area contributed by atoms with Crippen LogP contribution >= 0.6 is 0 Å². The molecular weight excluding hydrogens is 378 g/mol. The van der Waals surface area contributed by atoms with E-state index in [9.17, 15) is 9.59 Å². The molecule has 0 aliphatic carbocycles. The van der Waals surface area contributed by atoms with Crippen LogP contribution in [0.15, 0.2) is 71.3 Å². The molecule has 2 heterocycles. The van der Waals surface area contributed by atoms with Crippen molar-refractivity contribution in [3.63, 3.8) is 0 Å². The smallest absolute Gasteiger partial charge is 0.228 e. The van der Waals surface area contributed by atoms with Gasteiger partial charge in [-0.3, -0.25) is 9.59 Å². The molecule has 1 aliphatic heterocycles. The van der Waals surface area contributed by atoms with Crippen LogP contribution in [0.1, 0.15) is 17.7 Å². The van der Waals surface area contributed by atoms with Gasteiger partial charge in [0.15, 0.2) is 0 Å². The Morgan fingerprint density at radius 2 is 1.80 bits per heavy atom. The molecule has 4 rings (SSSR count). The van der Waals surface area contributed by atoms with Gasteiger partial charge in [0.25, 0.3) is 0 Å². The van der Waals surface area contributed by atoms with Gasteiger partial charge >= 0.3 is 0 Å². The molecular formula is C24H25N3O3. The third-order valence-corrected chi connectivity index (χ3v) is 5.75. The number of nitrogens with zero attached hydrogens (tertiary/aromatic N) is 2. The highest BCUT2D eigenvalue weighted by atomic mass is 16.5. The number of hydrogen-bond acceptors (Lipinski definition) is 4. The van der Waals surface area contributed by atoms with E-state index in [2.05, 4.69) is 10.5 Å². The molecule has 6 nitrogen and oxygen atoms in total. The van der Waals surface area contributed by atoms with Crippen molar-refractivity contribution in [2.75, 3.05) is 20.1 Å². The molecule has 0 spiro atoms. The van der Waals surface area contributed by atoms with E-state index >= 15 is 0 Å². The summed E-state index contributed by atoms with van der Waals surface area (Å²) in [5.41, 5.74) is 1.97. The quantitative estimate of drug-likeness (QED) is 0.686. The van der Waals surface area contributed by atoms with Crippen molar-refractivity contribution >= 4 is 11.8 Å². The van der Waals surface area contributed by atoms with E-state index < -0.39 is 5.41 Å². The number of hydrogen-bond donors (Lipinski definition) is 1. The van der Waals surface area contributed by atoms with E-state index in [1.807, 2.05) is 66.7 Å². The predicted molar refractivity (Wildman–Crippen MR) is 113 cm³/mol. The molecule has 1 N–H and O–H groups in total. The Morgan fingerprint density at radius 1 is 1.10 bits per heavy atom. The maximum atomic E-state index is 12.8. The first-order valence-electron chi connectivity index (χ1n) is 10.1. The van der Waals surface area contributed by atoms with Crippen LogP contribution in [0, 0.1) is 5.41 Å². The Bertz CT molecular complexity index is 1020. The average molecular weight is 403 g/mol. The zero-order valence-corrected chi connectivity index (χ0v) is 17.0. The lowest BCUT2D eigenvalue weighted by molar-refractivity contribution is -0.132. The Kier molecular flexibility index (Phi) is 5.65. The molecule has 1 saturated heterocycles. The molecule has 3 aromatic rings. The SMILES string of the molecule is CNC(=O)C1(Cc2cc(-c3ccccc3)no2)CCN(C(=O)Cc2ccccc2)C1. The summed E-state index contributed by atoms with van der Waals surface area (Å²) >= 11 is 0. The van der Waals surface area contributed by atoms with Crippen LogP contribution in [0.5, 0.6) is 0 Å². The first kappa shape index (κ1) is 19.9. The summed E-state index contributed by atoms with van der Waals surface area (Å²) in [6.45, 7) is 0.929. The molecule has 30 heavy (non-hydrogen) atoms. The first-order chi connectivity index (χ1) is 14.6. The lowest BCUT2D eigenvalue weighted by Crippen LogP contribution is -2.44. The van der Waals surface area contributed by atoms with Crippen molar-refractivity contribution in [2.24, 2.45) is 5.41 Å². The fourth-order valence-corrected chi connectivity index (χ4v) is 4.12. The van der Waals surface area contributed by atoms with Crippen molar-refractivity contribution in [1.29, 1.82) is 0 Å². The minimum Gasteiger partial charge on any atom is -0.361 e. The van der Waals surface area contributed by atoms with Crippen LogP contribution in [0.4, 0.5) is 0 Å². The number of nitrogens with one attached hydrogen (secondary N) is 1. The molecule has 0 bridgehead atoms. The minimum absolute atomic E-state index is 0.0366. The van der Waals surface area contributed by atoms with Gasteiger partial charge in [0, 0.05) is 38.2 Å². The molecule has 2 aromatic carbocycles. The summed E-state index contributed by atoms with van der Waals surface area (Å²) in [5, 5.41) is 6.94. The Labute approximate surface area is 175 Å². The van der Waals surface area contributed by atoms with Crippen LogP contribution in [0.25, 0.3) is 11.3 Å². The Morgan fingerprint density at radius 3 is 2.50 bits per heavy atom. The van der Waals surface area contributed by atoms with Gasteiger partial charge in [-0.2, -0.15) is 0 Å². The highest BCUT2D eigenvalue weighted by Gasteiger charge is 2.46. The van der Waals surface area contributed by atoms with Crippen LogP contribution < -0.4 is 5.32 Å². The van der Waals surface area contributed by atoms with E-state index in [1.54, 1.807) is 11.9 Å². The molecule has 1 fully saturated rings. The third kappa shape index (κ3) is 4.13. The number of carbonyl (C=O) groups is 2. The topological polar surface area (TPSA) is 75.4 Å². The van der Waals surface area contributed by atoms with E-state index in [-0.39, 0.29) is 11.8 Å². The summed E-state index contributed by atoms with van der Waals surface area (Å²) in [6, 6.07) is 21.3. The van der Waals surface area contributed by atoms with Gasteiger partial charge in [-0.1, -0.05) is 65.8 Å². The van der Waals surface area contributed by atoms with Gasteiger partial charge in [-0.25, -0.2) is 0 Å². The van der Waals surface area contributed by atoms with Gasteiger partial charge < -0.3 is 14.7 Å². The van der Waals surface area contributed by atoms with Crippen molar-refractivity contribution < 1.29 is 14.1 Å². The lowest BCUT2D eigenvalue weighted by atomic mass is 9.81. The summed E-state index contributed by atoms with van der Waals surface area (Å²) in [5.74, 6) is 0.611. The molecule has 1 unspecified atom stereocenters. The Balaban J connectivity index is 1.50. The standard InChI is InChI=1S/C24H25N3O3/c1-25-23(29)24(16-20-15-21(26-30-20)19-10-6-3-7-11-19)12-13-27(17-24)22(28)14-18-8-4-2-5-9-18/h2-11,15H,12-14,16-17H2,1H3,(H,25,29). The van der Waals surface area contributed by atoms with Crippen LogP contribution in [0.2, 0.25) is 0 Å². The average Bonchev–Trinajstić information content (AvgIpc) is 3.43. The second-order valence-corrected chi connectivity index (χ2v) is 7.81. The normalized spacial score (nSPS) is 18.4. The molecule has 0 radical (unpaired) electrons. The maximum Gasteiger partial charge on any atom is 0.228 e. The monoisotopic (exact) mass is 403 g/mol. The van der Waals surface area contributed by atoms with Crippen LogP contribution in [-0.4, -0.2) is 42.0 Å². The number of benzene rings is 2. The van der Waals surface area contributed by atoms with E-state index in [4.69, 9.17) is 4.52 Å². The second kappa shape index (κ2) is 8.53. The van der Waals surface area contributed by atoms with Crippen molar-refractivity contribution in [3.05, 3.63) is 78.1 Å². The zero-order valence-electron chi connectivity index (χ0n) is 17.0. The molecule has 1 aliphatic rings. The summed E-state index contributed by atoms with van der Waals surface area (Å²) in [7, 11) is 1.63. The molecule has 1 atom stereocenters. The third-order valence-electron chi connectivity index (χ3n) is 5.75. The molecule has 1 aromatic heterocycles. The number of rotatable bonds is 6. The second-order valence-electron chi connectivity index (χ2n) is 7.81. The van der Waals surface area contributed by atoms with Gasteiger partial charge in [0.1, 0.15) is 11.5 Å². The fourth-order valence-electron chi connectivity index (χ4n) is 4.12. The van der Waals surface area contributed by atoms with E-state index in [0.29, 0.717) is 38.1 Å². The minimum atomic E-state index is -0.714. The molecule has 154 valence electrons. The van der Waals surface area contributed by atoms with Crippen molar-refractivity contribution in [1.82, 2.24) is 15.4 Å². The summed E-state index contributed by atoms with van der Waals surface area (Å²) in [6.07, 6.45) is 1.33. The zero-order chi connectivity index (χ0) is 21.0. The number of aromatic nitrogens is 1. The largest absolute Gasteiger partial charge is 0.361 e. The van der Waals surface area contributed by atoms with E-state index in [0.717, 1.165) is 16.8 Å². The molecule has 2 amide bonds. The van der Waals surface area contributed by atoms with E-state index in [1.165, 1.54) is 0 Å². The molecule has 6 heteroatoms. The van der Waals surface area contributed by atoms with Gasteiger partial charge in [0.2, 0.25) is 11.8 Å². The van der Waals surface area contributed by atoms with Crippen LogP contribution in [0.3, 0.4) is 0 Å². The maximum absolute atomic E-state index is 12.8. The first-order valence-corrected chi connectivity index (χ1v) is 10.1.